The molecule has 1 aliphatic heterocycles. The zero-order chi connectivity index (χ0) is 17.3. The van der Waals surface area contributed by atoms with Crippen molar-refractivity contribution in [1.29, 1.82) is 0 Å². The van der Waals surface area contributed by atoms with Gasteiger partial charge in [-0.1, -0.05) is 18.2 Å². The summed E-state index contributed by atoms with van der Waals surface area (Å²) >= 11 is 0. The van der Waals surface area contributed by atoms with Gasteiger partial charge in [0.1, 0.15) is 11.6 Å². The molecule has 0 saturated heterocycles. The molecule has 3 rings (SSSR count). The summed E-state index contributed by atoms with van der Waals surface area (Å²) in [5.41, 5.74) is 3.73. The highest BCUT2D eigenvalue weighted by molar-refractivity contribution is 5.95. The molecular weight excluding hydrogens is 310 g/mol. The standard InChI is InChI=1S/C19H20F2N2O/c1-12-5-3-6-13(2)18(12)22-17(24)11-23-8-4-7-14-9-15(20)10-16(21)19(14)23/h3,5-6,9-10H,4,7-8,11H2,1-2H3,(H,22,24). The first-order chi connectivity index (χ1) is 11.5. The van der Waals surface area contributed by atoms with Gasteiger partial charge in [-0.3, -0.25) is 4.79 Å². The minimum absolute atomic E-state index is 0.0450. The highest BCUT2D eigenvalue weighted by Crippen LogP contribution is 2.31. The van der Waals surface area contributed by atoms with Crippen LogP contribution in [0.2, 0.25) is 0 Å². The van der Waals surface area contributed by atoms with Crippen LogP contribution in [-0.2, 0) is 11.2 Å². The lowest BCUT2D eigenvalue weighted by atomic mass is 10.0. The van der Waals surface area contributed by atoms with Crippen molar-refractivity contribution in [3.8, 4) is 0 Å². The fourth-order valence-corrected chi connectivity index (χ4v) is 3.26. The minimum Gasteiger partial charge on any atom is -0.360 e. The number of anilines is 2. The van der Waals surface area contributed by atoms with Gasteiger partial charge in [0.25, 0.3) is 0 Å². The van der Waals surface area contributed by atoms with Crippen molar-refractivity contribution in [2.75, 3.05) is 23.3 Å². The van der Waals surface area contributed by atoms with E-state index < -0.39 is 11.6 Å². The Morgan fingerprint density at radius 1 is 1.21 bits per heavy atom. The van der Waals surface area contributed by atoms with Gasteiger partial charge in [-0.25, -0.2) is 8.78 Å². The number of carbonyl (C=O) groups is 1. The largest absolute Gasteiger partial charge is 0.360 e. The molecule has 0 aliphatic carbocycles. The van der Waals surface area contributed by atoms with Gasteiger partial charge in [-0.15, -0.1) is 0 Å². The van der Waals surface area contributed by atoms with Gasteiger partial charge in [0.05, 0.1) is 12.2 Å². The van der Waals surface area contributed by atoms with E-state index in [4.69, 9.17) is 0 Å². The molecule has 0 spiro atoms. The molecule has 0 unspecified atom stereocenters. The van der Waals surface area contributed by atoms with E-state index in [0.29, 0.717) is 24.2 Å². The average Bonchev–Trinajstić information content (AvgIpc) is 2.50. The predicted molar refractivity (Wildman–Crippen MR) is 91.4 cm³/mol. The van der Waals surface area contributed by atoms with E-state index in [1.165, 1.54) is 6.07 Å². The van der Waals surface area contributed by atoms with Crippen molar-refractivity contribution >= 4 is 17.3 Å². The van der Waals surface area contributed by atoms with Crippen LogP contribution in [0.25, 0.3) is 0 Å². The normalized spacial score (nSPS) is 13.6. The zero-order valence-corrected chi connectivity index (χ0v) is 13.8. The third-order valence-electron chi connectivity index (χ3n) is 4.38. The first-order valence-corrected chi connectivity index (χ1v) is 8.04. The highest BCUT2D eigenvalue weighted by Gasteiger charge is 2.24. The molecule has 0 bridgehead atoms. The van der Waals surface area contributed by atoms with Crippen LogP contribution >= 0.6 is 0 Å². The van der Waals surface area contributed by atoms with E-state index in [1.807, 2.05) is 32.0 Å². The van der Waals surface area contributed by atoms with Crippen molar-refractivity contribution in [2.45, 2.75) is 26.7 Å². The van der Waals surface area contributed by atoms with E-state index in [9.17, 15) is 13.6 Å². The summed E-state index contributed by atoms with van der Waals surface area (Å²) in [6, 6.07) is 8.03. The van der Waals surface area contributed by atoms with Gasteiger partial charge in [0.15, 0.2) is 0 Å². The van der Waals surface area contributed by atoms with Gasteiger partial charge in [-0.05, 0) is 49.4 Å². The fraction of sp³-hybridized carbons (Fsp3) is 0.316. The maximum atomic E-state index is 14.2. The molecule has 2 aromatic carbocycles. The third kappa shape index (κ3) is 3.25. The quantitative estimate of drug-likeness (QED) is 0.923. The Bertz CT molecular complexity index is 769. The Kier molecular flexibility index (Phi) is 4.51. The van der Waals surface area contributed by atoms with Gasteiger partial charge >= 0.3 is 0 Å². The molecule has 3 nitrogen and oxygen atoms in total. The number of para-hydroxylation sites is 1. The lowest BCUT2D eigenvalue weighted by Crippen LogP contribution is -2.37. The number of rotatable bonds is 3. The summed E-state index contributed by atoms with van der Waals surface area (Å²) in [5, 5.41) is 2.91. The smallest absolute Gasteiger partial charge is 0.243 e. The molecule has 0 aromatic heterocycles. The van der Waals surface area contributed by atoms with Crippen LogP contribution in [0.1, 0.15) is 23.1 Å². The van der Waals surface area contributed by atoms with Crippen molar-refractivity contribution in [2.24, 2.45) is 0 Å². The number of fused-ring (bicyclic) bond motifs is 1. The molecule has 0 saturated carbocycles. The topological polar surface area (TPSA) is 32.3 Å². The maximum absolute atomic E-state index is 14.2. The average molecular weight is 330 g/mol. The van der Waals surface area contributed by atoms with Crippen LogP contribution in [0.5, 0.6) is 0 Å². The zero-order valence-electron chi connectivity index (χ0n) is 13.8. The lowest BCUT2D eigenvalue weighted by Gasteiger charge is -2.31. The van der Waals surface area contributed by atoms with Gasteiger partial charge < -0.3 is 10.2 Å². The Balaban J connectivity index is 1.79. The molecule has 1 aliphatic rings. The van der Waals surface area contributed by atoms with E-state index >= 15 is 0 Å². The number of nitrogens with zero attached hydrogens (tertiary/aromatic N) is 1. The number of benzene rings is 2. The van der Waals surface area contributed by atoms with E-state index in [1.54, 1.807) is 4.90 Å². The summed E-state index contributed by atoms with van der Waals surface area (Å²) in [5.74, 6) is -1.39. The fourth-order valence-electron chi connectivity index (χ4n) is 3.26. The molecule has 24 heavy (non-hydrogen) atoms. The van der Waals surface area contributed by atoms with Crippen LogP contribution in [0.3, 0.4) is 0 Å². The number of aryl methyl sites for hydroxylation is 3. The predicted octanol–water partition coefficient (Wildman–Crippen LogP) is 3.97. The van der Waals surface area contributed by atoms with Crippen molar-refractivity contribution in [3.05, 3.63) is 58.7 Å². The molecular formula is C19H20F2N2O. The van der Waals surface area contributed by atoms with E-state index in [0.717, 1.165) is 29.3 Å². The number of nitrogens with one attached hydrogen (secondary N) is 1. The van der Waals surface area contributed by atoms with Crippen LogP contribution in [0.4, 0.5) is 20.2 Å². The van der Waals surface area contributed by atoms with Crippen LogP contribution in [-0.4, -0.2) is 19.0 Å². The summed E-state index contributed by atoms with van der Waals surface area (Å²) in [6.07, 6.45) is 1.39. The Labute approximate surface area is 140 Å². The van der Waals surface area contributed by atoms with Crippen LogP contribution in [0.15, 0.2) is 30.3 Å². The second-order valence-corrected chi connectivity index (χ2v) is 6.24. The van der Waals surface area contributed by atoms with Crippen molar-refractivity contribution < 1.29 is 13.6 Å². The molecule has 1 heterocycles. The number of amides is 1. The molecule has 126 valence electrons. The van der Waals surface area contributed by atoms with Crippen molar-refractivity contribution in [3.63, 3.8) is 0 Å². The molecule has 1 N–H and O–H groups in total. The summed E-state index contributed by atoms with van der Waals surface area (Å²) in [6.45, 7) is 4.49. The van der Waals surface area contributed by atoms with Crippen molar-refractivity contribution in [1.82, 2.24) is 0 Å². The summed E-state index contributed by atoms with van der Waals surface area (Å²) in [7, 11) is 0. The highest BCUT2D eigenvalue weighted by atomic mass is 19.1. The summed E-state index contributed by atoms with van der Waals surface area (Å²) in [4.78, 5) is 14.1. The first-order valence-electron chi connectivity index (χ1n) is 8.04. The molecule has 1 amide bonds. The SMILES string of the molecule is Cc1cccc(C)c1NC(=O)CN1CCCc2cc(F)cc(F)c21. The molecule has 0 atom stereocenters. The lowest BCUT2D eigenvalue weighted by molar-refractivity contribution is -0.115. The monoisotopic (exact) mass is 330 g/mol. The second-order valence-electron chi connectivity index (χ2n) is 6.24. The molecule has 2 aromatic rings. The van der Waals surface area contributed by atoms with E-state index in [-0.39, 0.29) is 12.5 Å². The first kappa shape index (κ1) is 16.4. The minimum atomic E-state index is -0.607. The van der Waals surface area contributed by atoms with E-state index in [2.05, 4.69) is 5.32 Å². The summed E-state index contributed by atoms with van der Waals surface area (Å²) < 4.78 is 27.6. The van der Waals surface area contributed by atoms with Gasteiger partial charge in [0.2, 0.25) is 5.91 Å². The Hall–Kier alpha value is -2.43. The van der Waals surface area contributed by atoms with Crippen LogP contribution in [0, 0.1) is 25.5 Å². The van der Waals surface area contributed by atoms with Gasteiger partial charge in [-0.2, -0.15) is 0 Å². The molecule has 0 radical (unpaired) electrons. The van der Waals surface area contributed by atoms with Crippen LogP contribution < -0.4 is 10.2 Å². The maximum Gasteiger partial charge on any atom is 0.243 e. The van der Waals surface area contributed by atoms with Gasteiger partial charge in [0, 0.05) is 18.3 Å². The Morgan fingerprint density at radius 3 is 2.62 bits per heavy atom. The number of carbonyl (C=O) groups excluding carboxylic acids is 1. The molecule has 5 heteroatoms. The number of halogens is 2. The second kappa shape index (κ2) is 6.59. The third-order valence-corrected chi connectivity index (χ3v) is 4.38. The number of hydrogen-bond acceptors (Lipinski definition) is 2. The molecule has 0 fully saturated rings. The Morgan fingerprint density at radius 2 is 1.92 bits per heavy atom. The number of hydrogen-bond donors (Lipinski definition) is 1.